The molecule has 5 nitrogen and oxygen atoms in total. The highest BCUT2D eigenvalue weighted by atomic mass is 19.3. The van der Waals surface area contributed by atoms with E-state index in [1.807, 2.05) is 28.8 Å². The predicted octanol–water partition coefficient (Wildman–Crippen LogP) is 4.22. The summed E-state index contributed by atoms with van der Waals surface area (Å²) in [6, 6.07) is 8.08. The van der Waals surface area contributed by atoms with E-state index < -0.39 is 17.6 Å². The van der Waals surface area contributed by atoms with Gasteiger partial charge in [-0.15, -0.1) is 0 Å². The van der Waals surface area contributed by atoms with Gasteiger partial charge in [-0.1, -0.05) is 12.1 Å². The van der Waals surface area contributed by atoms with Gasteiger partial charge in [0.15, 0.2) is 0 Å². The van der Waals surface area contributed by atoms with Gasteiger partial charge in [0, 0.05) is 12.6 Å². The molecule has 3 heterocycles. The molecule has 142 valence electrons. The average Bonchev–Trinajstić information content (AvgIpc) is 3.17. The van der Waals surface area contributed by atoms with Crippen LogP contribution < -0.4 is 5.32 Å². The summed E-state index contributed by atoms with van der Waals surface area (Å²) in [7, 11) is 0. The number of hydrogen-bond donors (Lipinski definition) is 2. The van der Waals surface area contributed by atoms with Crippen molar-refractivity contribution in [3.63, 3.8) is 0 Å². The Kier molecular flexibility index (Phi) is 4.14. The maximum absolute atomic E-state index is 13.9. The van der Waals surface area contributed by atoms with Crippen molar-refractivity contribution in [2.24, 2.45) is 0 Å². The molecule has 1 fully saturated rings. The van der Waals surface area contributed by atoms with E-state index in [9.17, 15) is 13.9 Å². The van der Waals surface area contributed by atoms with Crippen LogP contribution in [0.25, 0.3) is 17.0 Å². The van der Waals surface area contributed by atoms with Gasteiger partial charge >= 0.3 is 0 Å². The minimum atomic E-state index is -2.71. The normalized spacial score (nSPS) is 19.5. The zero-order valence-corrected chi connectivity index (χ0v) is 15.3. The molecule has 2 N–H and O–H groups in total. The lowest BCUT2D eigenvalue weighted by atomic mass is 10.0. The zero-order chi connectivity index (χ0) is 19.2. The molecule has 1 saturated carbocycles. The molecule has 4 rings (SSSR count). The summed E-state index contributed by atoms with van der Waals surface area (Å²) < 4.78 is 29.7. The van der Waals surface area contributed by atoms with Crippen LogP contribution in [-0.4, -0.2) is 31.4 Å². The highest BCUT2D eigenvalue weighted by Gasteiger charge is 2.43. The van der Waals surface area contributed by atoms with Gasteiger partial charge in [-0.2, -0.15) is 0 Å². The van der Waals surface area contributed by atoms with E-state index in [4.69, 9.17) is 0 Å². The van der Waals surface area contributed by atoms with Gasteiger partial charge in [0.05, 0.1) is 29.2 Å². The van der Waals surface area contributed by atoms with Crippen molar-refractivity contribution in [3.8, 4) is 11.4 Å². The van der Waals surface area contributed by atoms with Gasteiger partial charge in [-0.25, -0.2) is 18.7 Å². The Morgan fingerprint density at radius 3 is 2.78 bits per heavy atom. The van der Waals surface area contributed by atoms with Crippen molar-refractivity contribution in [2.45, 2.75) is 50.7 Å². The van der Waals surface area contributed by atoms with Gasteiger partial charge in [0.25, 0.3) is 5.92 Å². The summed E-state index contributed by atoms with van der Waals surface area (Å²) in [6.45, 7) is 3.44. The van der Waals surface area contributed by atoms with Gasteiger partial charge in [-0.3, -0.25) is 4.40 Å². The minimum Gasteiger partial charge on any atom is -0.386 e. The van der Waals surface area contributed by atoms with Gasteiger partial charge in [-0.05, 0) is 50.5 Å². The molecule has 3 aromatic heterocycles. The van der Waals surface area contributed by atoms with Crippen LogP contribution in [-0.2, 0) is 5.60 Å². The Morgan fingerprint density at radius 2 is 2.07 bits per heavy atom. The fourth-order valence-electron chi connectivity index (χ4n) is 3.47. The Hall–Kier alpha value is -2.54. The lowest BCUT2D eigenvalue weighted by Gasteiger charge is -2.21. The monoisotopic (exact) mass is 372 g/mol. The number of anilines is 1. The first-order chi connectivity index (χ1) is 12.7. The van der Waals surface area contributed by atoms with Gasteiger partial charge in [0.1, 0.15) is 11.5 Å². The molecule has 0 unspecified atom stereocenters. The zero-order valence-electron chi connectivity index (χ0n) is 15.3. The predicted molar refractivity (Wildman–Crippen MR) is 99.9 cm³/mol. The number of alkyl halides is 2. The van der Waals surface area contributed by atoms with Crippen LogP contribution in [0.1, 0.15) is 38.7 Å². The highest BCUT2D eigenvalue weighted by molar-refractivity contribution is 5.62. The topological polar surface area (TPSA) is 62.5 Å². The molecule has 0 aliphatic heterocycles. The molecule has 3 aromatic rings. The number of nitrogens with zero attached hydrogens (tertiary/aromatic N) is 3. The molecule has 0 radical (unpaired) electrons. The summed E-state index contributed by atoms with van der Waals surface area (Å²) in [6.07, 6.45) is 4.38. The Morgan fingerprint density at radius 1 is 1.26 bits per heavy atom. The number of pyridine rings is 2. The van der Waals surface area contributed by atoms with Crippen molar-refractivity contribution in [1.29, 1.82) is 0 Å². The minimum absolute atomic E-state index is 0.0860. The molecular formula is C20H22F2N4O. The first kappa shape index (κ1) is 17.9. The van der Waals surface area contributed by atoms with Crippen LogP contribution in [0.15, 0.2) is 42.7 Å². The number of aromatic nitrogens is 3. The van der Waals surface area contributed by atoms with Gasteiger partial charge < -0.3 is 10.4 Å². The van der Waals surface area contributed by atoms with Crippen molar-refractivity contribution >= 4 is 11.5 Å². The van der Waals surface area contributed by atoms with E-state index >= 15 is 0 Å². The molecule has 1 aliphatic rings. The van der Waals surface area contributed by atoms with E-state index in [1.54, 1.807) is 32.2 Å². The SMILES string of the molecule is CC(C)(O)c1ccc2ncc(-c3cccc(N[C@H]4CCCC4(F)F)n3)n2c1. The molecule has 0 aromatic carbocycles. The fraction of sp³-hybridized carbons (Fsp3) is 0.400. The number of halogens is 2. The lowest BCUT2D eigenvalue weighted by Crippen LogP contribution is -2.34. The first-order valence-electron chi connectivity index (χ1n) is 9.06. The summed E-state index contributed by atoms with van der Waals surface area (Å²) >= 11 is 0. The van der Waals surface area contributed by atoms with E-state index in [2.05, 4.69) is 15.3 Å². The number of rotatable bonds is 4. The number of imidazole rings is 1. The van der Waals surface area contributed by atoms with Crippen molar-refractivity contribution < 1.29 is 13.9 Å². The molecule has 27 heavy (non-hydrogen) atoms. The Bertz CT molecular complexity index is 978. The Labute approximate surface area is 156 Å². The maximum atomic E-state index is 13.9. The standard InChI is InChI=1S/C20H22F2N4O/c1-19(2,27)13-8-9-18-23-11-15(26(18)12-13)14-5-3-7-17(24-14)25-16-6-4-10-20(16,21)22/h3,5,7-9,11-12,16,27H,4,6,10H2,1-2H3,(H,24,25)/t16-/m0/s1. The molecule has 0 amide bonds. The third-order valence-corrected chi connectivity index (χ3v) is 5.06. The van der Waals surface area contributed by atoms with Crippen molar-refractivity contribution in [2.75, 3.05) is 5.32 Å². The summed E-state index contributed by atoms with van der Waals surface area (Å²) in [5, 5.41) is 13.2. The lowest BCUT2D eigenvalue weighted by molar-refractivity contribution is -0.000689. The van der Waals surface area contributed by atoms with Crippen LogP contribution in [0.3, 0.4) is 0 Å². The molecule has 0 saturated heterocycles. The fourth-order valence-corrected chi connectivity index (χ4v) is 3.47. The second-order valence-electron chi connectivity index (χ2n) is 7.61. The van der Waals surface area contributed by atoms with Crippen LogP contribution in [0, 0.1) is 0 Å². The number of aliphatic hydroxyl groups is 1. The van der Waals surface area contributed by atoms with Crippen molar-refractivity contribution in [3.05, 3.63) is 48.3 Å². The summed E-state index contributed by atoms with van der Waals surface area (Å²) in [5.41, 5.74) is 1.84. The number of fused-ring (bicyclic) bond motifs is 1. The summed E-state index contributed by atoms with van der Waals surface area (Å²) in [5.74, 6) is -2.28. The van der Waals surface area contributed by atoms with Crippen LogP contribution in [0.2, 0.25) is 0 Å². The maximum Gasteiger partial charge on any atom is 0.267 e. The second-order valence-corrected chi connectivity index (χ2v) is 7.61. The molecular weight excluding hydrogens is 350 g/mol. The van der Waals surface area contributed by atoms with Gasteiger partial charge in [0.2, 0.25) is 0 Å². The quantitative estimate of drug-likeness (QED) is 0.720. The molecule has 0 bridgehead atoms. The summed E-state index contributed by atoms with van der Waals surface area (Å²) in [4.78, 5) is 8.89. The first-order valence-corrected chi connectivity index (χ1v) is 9.06. The number of nitrogens with one attached hydrogen (secondary N) is 1. The largest absolute Gasteiger partial charge is 0.386 e. The second kappa shape index (κ2) is 6.27. The van der Waals surface area contributed by atoms with Crippen molar-refractivity contribution in [1.82, 2.24) is 14.4 Å². The molecule has 0 spiro atoms. The van der Waals surface area contributed by atoms with E-state index in [0.717, 1.165) is 16.9 Å². The van der Waals surface area contributed by atoms with Crippen LogP contribution >= 0.6 is 0 Å². The highest BCUT2D eigenvalue weighted by Crippen LogP contribution is 2.37. The average molecular weight is 372 g/mol. The van der Waals surface area contributed by atoms with Crippen LogP contribution in [0.5, 0.6) is 0 Å². The number of hydrogen-bond acceptors (Lipinski definition) is 4. The third kappa shape index (κ3) is 3.39. The molecule has 7 heteroatoms. The molecule has 1 atom stereocenters. The smallest absolute Gasteiger partial charge is 0.267 e. The van der Waals surface area contributed by atoms with E-state index in [-0.39, 0.29) is 6.42 Å². The van der Waals surface area contributed by atoms with E-state index in [1.165, 1.54) is 0 Å². The third-order valence-electron chi connectivity index (χ3n) is 5.06. The molecule has 1 aliphatic carbocycles. The van der Waals surface area contributed by atoms with Crippen LogP contribution in [0.4, 0.5) is 14.6 Å². The Balaban J connectivity index is 1.70. The van der Waals surface area contributed by atoms with E-state index in [0.29, 0.717) is 24.4 Å².